The number of aromatic nitrogens is 1. The molecule has 1 aromatic rings. The topological polar surface area (TPSA) is 66.6 Å². The van der Waals surface area contributed by atoms with E-state index in [0.29, 0.717) is 5.88 Å². The van der Waals surface area contributed by atoms with Crippen molar-refractivity contribution >= 4 is 24.5 Å². The van der Waals surface area contributed by atoms with E-state index in [-0.39, 0.29) is 11.2 Å². The Morgan fingerprint density at radius 3 is 2.32 bits per heavy atom. The number of rotatable bonds is 3. The zero-order valence-electron chi connectivity index (χ0n) is 11.9. The predicted octanol–water partition coefficient (Wildman–Crippen LogP) is 1.36. The van der Waals surface area contributed by atoms with E-state index in [9.17, 15) is 0 Å². The van der Waals surface area contributed by atoms with Crippen LogP contribution in [0, 0.1) is 0 Å². The Morgan fingerprint density at radius 1 is 1.26 bits per heavy atom. The molecule has 1 aliphatic heterocycles. The molecule has 1 aliphatic rings. The Bertz CT molecular complexity index is 466. The van der Waals surface area contributed by atoms with Crippen molar-refractivity contribution in [1.82, 2.24) is 4.98 Å². The Kier molecular flexibility index (Phi) is 3.84. The summed E-state index contributed by atoms with van der Waals surface area (Å²) in [5, 5.41) is 5.62. The van der Waals surface area contributed by atoms with Crippen LogP contribution in [0.3, 0.4) is 0 Å². The summed E-state index contributed by atoms with van der Waals surface area (Å²) >= 11 is 1.09. The molecule has 0 spiro atoms. The third kappa shape index (κ3) is 2.60. The average Bonchev–Trinajstić information content (AvgIpc) is 2.57. The largest absolute Gasteiger partial charge is 0.496 e. The number of methoxy groups -OCH3 is 1. The van der Waals surface area contributed by atoms with Crippen LogP contribution in [0.5, 0.6) is 5.88 Å². The molecular formula is C12H19BN2O3S. The van der Waals surface area contributed by atoms with Crippen molar-refractivity contribution in [2.45, 2.75) is 43.8 Å². The summed E-state index contributed by atoms with van der Waals surface area (Å²) < 4.78 is 17.1. The number of hydrogen-bond acceptors (Lipinski definition) is 6. The smallest absolute Gasteiger partial charge is 0.480 e. The first-order valence-electron chi connectivity index (χ1n) is 6.07. The minimum atomic E-state index is -0.436. The minimum absolute atomic E-state index is 0.367. The van der Waals surface area contributed by atoms with E-state index in [1.165, 1.54) is 0 Å². The second-order valence-electron chi connectivity index (χ2n) is 5.48. The van der Waals surface area contributed by atoms with Crippen LogP contribution >= 0.6 is 11.9 Å². The zero-order chi connectivity index (χ0) is 14.3. The fraction of sp³-hybridized carbons (Fsp3) is 0.583. The lowest BCUT2D eigenvalue weighted by Gasteiger charge is -2.32. The summed E-state index contributed by atoms with van der Waals surface area (Å²) in [6.07, 6.45) is 1.70. The molecule has 1 saturated heterocycles. The quantitative estimate of drug-likeness (QED) is 0.667. The van der Waals surface area contributed by atoms with Gasteiger partial charge in [0.25, 0.3) is 0 Å². The highest BCUT2D eigenvalue weighted by Crippen LogP contribution is 2.36. The summed E-state index contributed by atoms with van der Waals surface area (Å²) in [5.74, 6) is 0.507. The molecule has 2 rings (SSSR count). The van der Waals surface area contributed by atoms with E-state index in [0.717, 1.165) is 22.3 Å². The van der Waals surface area contributed by atoms with Gasteiger partial charge in [-0.15, -0.1) is 0 Å². The number of pyridine rings is 1. The zero-order valence-corrected chi connectivity index (χ0v) is 12.7. The van der Waals surface area contributed by atoms with Crippen molar-refractivity contribution < 1.29 is 14.0 Å². The lowest BCUT2D eigenvalue weighted by Crippen LogP contribution is -2.41. The maximum absolute atomic E-state index is 5.97. The molecule has 0 bridgehead atoms. The molecule has 7 heteroatoms. The van der Waals surface area contributed by atoms with Gasteiger partial charge in [-0.3, -0.25) is 5.14 Å². The number of hydrogen-bond donors (Lipinski definition) is 1. The Hall–Kier alpha value is -0.755. The SMILES string of the molecule is COc1ncc(B2OC(C)(C)C(C)(C)O2)cc1SN. The molecule has 2 heterocycles. The van der Waals surface area contributed by atoms with Crippen LogP contribution in [0.4, 0.5) is 0 Å². The predicted molar refractivity (Wildman–Crippen MR) is 76.5 cm³/mol. The average molecular weight is 282 g/mol. The van der Waals surface area contributed by atoms with E-state index in [1.54, 1.807) is 13.3 Å². The molecular weight excluding hydrogens is 263 g/mol. The highest BCUT2D eigenvalue weighted by molar-refractivity contribution is 7.97. The van der Waals surface area contributed by atoms with Gasteiger partial charge < -0.3 is 14.0 Å². The Labute approximate surface area is 118 Å². The van der Waals surface area contributed by atoms with Crippen molar-refractivity contribution in [3.63, 3.8) is 0 Å². The Balaban J connectivity index is 2.30. The molecule has 0 aliphatic carbocycles. The lowest BCUT2D eigenvalue weighted by atomic mass is 9.80. The summed E-state index contributed by atoms with van der Waals surface area (Å²) in [5.41, 5.74) is 0.105. The van der Waals surface area contributed by atoms with Gasteiger partial charge >= 0.3 is 7.12 Å². The second-order valence-corrected chi connectivity index (χ2v) is 6.16. The first-order valence-corrected chi connectivity index (χ1v) is 6.95. The minimum Gasteiger partial charge on any atom is -0.480 e. The van der Waals surface area contributed by atoms with Crippen LogP contribution in [-0.2, 0) is 9.31 Å². The van der Waals surface area contributed by atoms with Crippen LogP contribution in [0.15, 0.2) is 17.2 Å². The standard InChI is InChI=1S/C12H19BN2O3S/c1-11(2)12(3,4)18-13(17-11)8-6-9(19-14)10(16-5)15-7-8/h6-7H,14H2,1-5H3. The third-order valence-electron chi connectivity index (χ3n) is 3.69. The molecule has 5 nitrogen and oxygen atoms in total. The number of ether oxygens (including phenoxy) is 1. The molecule has 0 amide bonds. The van der Waals surface area contributed by atoms with Gasteiger partial charge in [0.1, 0.15) is 0 Å². The maximum Gasteiger partial charge on any atom is 0.496 e. The van der Waals surface area contributed by atoms with Gasteiger partial charge in [0.2, 0.25) is 5.88 Å². The summed E-state index contributed by atoms with van der Waals surface area (Å²) in [6.45, 7) is 8.07. The molecule has 0 aromatic carbocycles. The molecule has 0 atom stereocenters. The monoisotopic (exact) mass is 282 g/mol. The van der Waals surface area contributed by atoms with Crippen molar-refractivity contribution in [2.24, 2.45) is 5.14 Å². The molecule has 104 valence electrons. The summed E-state index contributed by atoms with van der Waals surface area (Å²) in [7, 11) is 1.13. The van der Waals surface area contributed by atoms with Gasteiger partial charge in [-0.05, 0) is 45.7 Å². The fourth-order valence-corrected chi connectivity index (χ4v) is 2.23. The van der Waals surface area contributed by atoms with Crippen molar-refractivity contribution in [3.8, 4) is 5.88 Å². The van der Waals surface area contributed by atoms with Crippen LogP contribution in [0.25, 0.3) is 0 Å². The number of nitrogens with two attached hydrogens (primary N) is 1. The highest BCUT2D eigenvalue weighted by atomic mass is 32.2. The molecule has 1 aromatic heterocycles. The van der Waals surface area contributed by atoms with Gasteiger partial charge in [-0.25, -0.2) is 4.98 Å². The Morgan fingerprint density at radius 2 is 1.84 bits per heavy atom. The maximum atomic E-state index is 5.97. The van der Waals surface area contributed by atoms with Gasteiger partial charge in [-0.1, -0.05) is 0 Å². The first kappa shape index (κ1) is 14.6. The van der Waals surface area contributed by atoms with E-state index >= 15 is 0 Å². The first-order chi connectivity index (χ1) is 8.80. The van der Waals surface area contributed by atoms with Gasteiger partial charge in [0, 0.05) is 11.7 Å². The van der Waals surface area contributed by atoms with Gasteiger partial charge in [0.05, 0.1) is 23.2 Å². The fourth-order valence-electron chi connectivity index (χ4n) is 1.79. The molecule has 2 N–H and O–H groups in total. The van der Waals surface area contributed by atoms with Crippen molar-refractivity contribution in [1.29, 1.82) is 0 Å². The van der Waals surface area contributed by atoms with E-state index < -0.39 is 7.12 Å². The molecule has 0 radical (unpaired) electrons. The molecule has 19 heavy (non-hydrogen) atoms. The van der Waals surface area contributed by atoms with Crippen LogP contribution in [0.2, 0.25) is 0 Å². The van der Waals surface area contributed by atoms with Gasteiger partial charge in [0.15, 0.2) is 0 Å². The molecule has 1 fully saturated rings. The van der Waals surface area contributed by atoms with Crippen LogP contribution in [-0.4, -0.2) is 30.4 Å². The van der Waals surface area contributed by atoms with Crippen LogP contribution < -0.4 is 15.3 Å². The van der Waals surface area contributed by atoms with Crippen molar-refractivity contribution in [3.05, 3.63) is 12.3 Å². The third-order valence-corrected chi connectivity index (χ3v) is 4.23. The van der Waals surface area contributed by atoms with E-state index in [4.69, 9.17) is 19.2 Å². The number of nitrogens with zero attached hydrogens (tertiary/aromatic N) is 1. The van der Waals surface area contributed by atoms with Gasteiger partial charge in [-0.2, -0.15) is 0 Å². The normalized spacial score (nSPS) is 20.6. The molecule has 0 unspecified atom stereocenters. The van der Waals surface area contributed by atoms with E-state index in [2.05, 4.69) is 4.98 Å². The summed E-state index contributed by atoms with van der Waals surface area (Å²) in [6, 6.07) is 1.89. The molecule has 0 saturated carbocycles. The lowest BCUT2D eigenvalue weighted by molar-refractivity contribution is 0.00578. The summed E-state index contributed by atoms with van der Waals surface area (Å²) in [4.78, 5) is 4.98. The van der Waals surface area contributed by atoms with Crippen LogP contribution in [0.1, 0.15) is 27.7 Å². The second kappa shape index (κ2) is 4.97. The van der Waals surface area contributed by atoms with Crippen molar-refractivity contribution in [2.75, 3.05) is 7.11 Å². The highest BCUT2D eigenvalue weighted by Gasteiger charge is 2.51. The van der Waals surface area contributed by atoms with E-state index in [1.807, 2.05) is 33.8 Å².